The molecule has 0 bridgehead atoms. The Labute approximate surface area is 679 Å². The summed E-state index contributed by atoms with van der Waals surface area (Å²) >= 11 is 0. The Morgan fingerprint density at radius 3 is 1.66 bits per heavy atom. The second-order valence-electron chi connectivity index (χ2n) is 26.2. The summed E-state index contributed by atoms with van der Waals surface area (Å²) in [6, 6.07) is 7.44. The Morgan fingerprint density at radius 1 is 0.555 bits per heavy atom. The molecule has 0 radical (unpaired) electrons. The maximum Gasteiger partial charge on any atom is 0.490 e. The predicted molar refractivity (Wildman–Crippen MR) is 404 cm³/mol. The van der Waals surface area contributed by atoms with Crippen molar-refractivity contribution in [2.75, 3.05) is 112 Å². The highest BCUT2D eigenvalue weighted by molar-refractivity contribution is 7.72. The highest BCUT2D eigenvalue weighted by Crippen LogP contribution is 2.75. The molecule has 3 amide bonds. The number of ether oxygens (including phenoxy) is 8. The summed E-state index contributed by atoms with van der Waals surface area (Å²) in [7, 11) is -46.4. The van der Waals surface area contributed by atoms with Gasteiger partial charge in [0.1, 0.15) is 48.9 Å². The van der Waals surface area contributed by atoms with Crippen LogP contribution in [0.3, 0.4) is 0 Å². The van der Waals surface area contributed by atoms with Crippen LogP contribution in [0.5, 0.6) is 5.75 Å². The molecule has 0 spiro atoms. The first-order valence-corrected chi connectivity index (χ1v) is 48.5. The quantitative estimate of drug-likeness (QED) is 0.0273. The zero-order chi connectivity index (χ0) is 87.4. The number of hydrogen-bond acceptors (Lipinski definition) is 37. The number of benzene rings is 1. The second kappa shape index (κ2) is 47.4. The first kappa shape index (κ1) is 101. The molecule has 1 aromatic carbocycles. The van der Waals surface area contributed by atoms with Gasteiger partial charge in [-0.25, -0.2) is 46.1 Å². The minimum atomic E-state index is -6.52. The topological polar surface area (TPSA) is 685 Å². The van der Waals surface area contributed by atoms with Gasteiger partial charge in [0.2, 0.25) is 5.91 Å². The number of rotatable bonds is 54. The third-order valence-corrected chi connectivity index (χ3v) is 28.1. The van der Waals surface area contributed by atoms with Crippen LogP contribution in [0.4, 0.5) is 4.79 Å². The number of phosphoric acid groups is 8. The van der Waals surface area contributed by atoms with E-state index in [-0.39, 0.29) is 101 Å². The van der Waals surface area contributed by atoms with Crippen LogP contribution >= 0.6 is 62.6 Å². The predicted octanol–water partition coefficient (Wildman–Crippen LogP) is 4.49. The van der Waals surface area contributed by atoms with E-state index in [1.807, 2.05) is 31.2 Å². The molecule has 2 aromatic heterocycles. The van der Waals surface area contributed by atoms with E-state index in [4.69, 9.17) is 56.0 Å². The van der Waals surface area contributed by atoms with Gasteiger partial charge in [0.25, 0.3) is 11.5 Å². The number of phosphoric ester groups is 4. The molecule has 3 aliphatic heterocycles. The number of nitrogens with zero attached hydrogens (tertiary/aromatic N) is 4. The van der Waals surface area contributed by atoms with Crippen LogP contribution in [-0.4, -0.2) is 241 Å². The lowest BCUT2D eigenvalue weighted by Crippen LogP contribution is -2.42. The molecule has 5 heterocycles. The molecule has 119 heavy (non-hydrogen) atoms. The number of aryl methyl sites for hydroxylation is 2. The summed E-state index contributed by atoms with van der Waals surface area (Å²) < 4.78 is 192. The average molecular weight is 1860 g/mol. The summed E-state index contributed by atoms with van der Waals surface area (Å²) in [4.78, 5) is 143. The van der Waals surface area contributed by atoms with Crippen LogP contribution in [0.1, 0.15) is 106 Å². The number of carbonyl (C=O) groups is 3. The Kier molecular flexibility index (Phi) is 40.3. The first-order chi connectivity index (χ1) is 55.9. The number of hydrogen-bond donors (Lipinski definition) is 14. The van der Waals surface area contributed by atoms with E-state index in [0.717, 1.165) is 32.6 Å². The van der Waals surface area contributed by atoms with Gasteiger partial charge in [-0.15, -0.1) is 5.10 Å². The van der Waals surface area contributed by atoms with Crippen molar-refractivity contribution >= 4 is 80.5 Å². The molecule has 7 rings (SSSR count). The van der Waals surface area contributed by atoms with Crippen molar-refractivity contribution in [3.8, 4) is 17.0 Å². The standard InChI is InChI=1S/C61H98N8O42P8/c1-41-37-68(44(4)64-58(41)73)55-35-50(70)53(105-55)40-103-115(83,84)108-117(87,88)110-119(91,92)111-118(89,90)109-116(85,86)107-114(81,82)100-22-8-6-5-7-20-62-54(72)19-25-93-27-28-94-29-30-95-31-32-96-33-34-97-46-15-13-45(14-16-46)57-49-12-9-11-47(17-18-48(49)43(3)66-67-57)104-61(76)63-21-26-101-112(77,78)98-23-10-24-99-113(79,80)102-39-52-51(71)36-56(106-52)69-38-42(2)59(74)65-60(69)75/h13-16,37-38,47,50-53,55-56,70-71H,4-12,17-36,39-40H2,1-3H3,(H,62,72)(H,63,76)(H,64,73)(H,77,78)(H,79,80)(H,81,82)(H,83,84)(H,85,86)(H,87,88)(H,89,90)(H,91,92)(H,65,74,75)/t47?,50?,51?,52-,53-,55-,56-/m1/s1. The highest BCUT2D eigenvalue weighted by atomic mass is 31.3. The van der Waals surface area contributed by atoms with Gasteiger partial charge in [0.05, 0.1) is 116 Å². The van der Waals surface area contributed by atoms with Gasteiger partial charge in [-0.3, -0.25) is 51.1 Å². The Bertz CT molecular complexity index is 4450. The molecule has 1 aliphatic carbocycles. The van der Waals surface area contributed by atoms with Crippen molar-refractivity contribution in [3.63, 3.8) is 0 Å². The number of aliphatic hydroxyl groups excluding tert-OH is 2. The van der Waals surface area contributed by atoms with Crippen molar-refractivity contribution in [2.24, 2.45) is 0 Å². The largest absolute Gasteiger partial charge is 0.491 e. The highest BCUT2D eigenvalue weighted by Gasteiger charge is 2.51. The Hall–Kier alpha value is -4.97. The third kappa shape index (κ3) is 36.6. The molecule has 4 aliphatic rings. The lowest BCUT2D eigenvalue weighted by Gasteiger charge is -2.32. The molecular weight excluding hydrogens is 1760 g/mol. The molecule has 2 saturated heterocycles. The van der Waals surface area contributed by atoms with E-state index in [2.05, 4.69) is 68.3 Å². The van der Waals surface area contributed by atoms with Crippen LogP contribution in [0, 0.1) is 13.8 Å². The number of nitrogens with one attached hydrogen (secondary N) is 4. The molecule has 58 heteroatoms. The van der Waals surface area contributed by atoms with E-state index >= 15 is 0 Å². The van der Waals surface area contributed by atoms with E-state index in [1.165, 1.54) is 31.1 Å². The Balaban J connectivity index is 0.635. The van der Waals surface area contributed by atoms with Crippen LogP contribution < -0.4 is 31.9 Å². The van der Waals surface area contributed by atoms with Crippen molar-refractivity contribution < 1.29 is 187 Å². The van der Waals surface area contributed by atoms with Crippen molar-refractivity contribution in [1.82, 2.24) is 40.6 Å². The number of carbonyl (C=O) groups excluding carboxylic acids is 3. The van der Waals surface area contributed by atoms with Crippen LogP contribution in [-0.2, 0) is 141 Å². The summed E-state index contributed by atoms with van der Waals surface area (Å²) in [5.74, 6) is -0.112. The molecular formula is C61H98N8O42P8. The van der Waals surface area contributed by atoms with Crippen LogP contribution in [0.15, 0.2) is 64.2 Å². The number of amides is 3. The zero-order valence-corrected chi connectivity index (χ0v) is 71.5. The minimum Gasteiger partial charge on any atom is -0.491 e. The smallest absolute Gasteiger partial charge is 0.490 e. The van der Waals surface area contributed by atoms with E-state index in [0.29, 0.717) is 83.5 Å². The molecule has 2 fully saturated rings. The lowest BCUT2D eigenvalue weighted by molar-refractivity contribution is -0.122. The summed E-state index contributed by atoms with van der Waals surface area (Å²) in [6.07, 6.45) is -1.98. The van der Waals surface area contributed by atoms with Gasteiger partial charge >= 0.3 is 74.4 Å². The van der Waals surface area contributed by atoms with Crippen molar-refractivity contribution in [3.05, 3.63) is 97.9 Å². The molecule has 14 N–H and O–H groups in total. The number of fused-ring (bicyclic) bond motifs is 1. The van der Waals surface area contributed by atoms with E-state index in [1.54, 1.807) is 0 Å². The Morgan fingerprint density at radius 2 is 1.06 bits per heavy atom. The third-order valence-electron chi connectivity index (χ3n) is 16.9. The summed E-state index contributed by atoms with van der Waals surface area (Å²) in [6.45, 7) is 7.23. The number of H-pyrrole nitrogens is 1. The zero-order valence-electron chi connectivity index (χ0n) is 64.3. The summed E-state index contributed by atoms with van der Waals surface area (Å²) in [5.41, 5.74) is 3.46. The second-order valence-corrected chi connectivity index (χ2v) is 38.5. The van der Waals surface area contributed by atoms with Crippen molar-refractivity contribution in [1.29, 1.82) is 0 Å². The van der Waals surface area contributed by atoms with Gasteiger partial charge in [-0.05, 0) is 108 Å². The van der Waals surface area contributed by atoms with Gasteiger partial charge in [-0.1, -0.05) is 19.4 Å². The van der Waals surface area contributed by atoms with E-state index < -0.39 is 168 Å². The lowest BCUT2D eigenvalue weighted by atomic mass is 9.89. The minimum absolute atomic E-state index is 0.0293. The van der Waals surface area contributed by atoms with Crippen LogP contribution in [0.25, 0.3) is 11.3 Å². The van der Waals surface area contributed by atoms with Crippen LogP contribution in [0.2, 0.25) is 0 Å². The fraction of sp³-hybridized carbons (Fsp3) is 0.656. The van der Waals surface area contributed by atoms with Crippen molar-refractivity contribution in [2.45, 2.75) is 147 Å². The maximum absolute atomic E-state index is 12.8. The fourth-order valence-corrected chi connectivity index (χ4v) is 20.7. The van der Waals surface area contributed by atoms with Gasteiger partial charge in [0, 0.05) is 61.4 Å². The SMILES string of the molecule is C=C1NC(=O)C(C)=CN1[C@H]1CC(O)[C@@H](COP(=O)(O)OP(=O)(O)OP(=O)(O)OP(=O)(O)OP(=O)(O)OP(=O)(O)OCCCCCCNC(=O)CCOCCOCCOCCOCCOc2ccc(-c3nnc(C)c4c3CCCC(OC(=O)NCCOP(=O)(O)OCCCOP(=O)(O)OC[C@H]3O[C@@H](n5cc(C)c(=O)[nH]c5=O)CC3O)CC4)cc2)O1. The molecule has 3 aromatic rings. The molecule has 50 nitrogen and oxygen atoms in total. The average Bonchev–Trinajstić information content (AvgIpc) is 1.67. The van der Waals surface area contributed by atoms with E-state index in [9.17, 15) is 110 Å². The first-order valence-electron chi connectivity index (χ1n) is 36.5. The molecule has 15 atom stereocenters. The maximum atomic E-state index is 12.8. The van der Waals surface area contributed by atoms with Gasteiger partial charge in [0.15, 0.2) is 0 Å². The molecule has 11 unspecified atom stereocenters. The molecule has 674 valence electrons. The van der Waals surface area contributed by atoms with Gasteiger partial charge in [-0.2, -0.15) is 26.7 Å². The number of alkyl carbamates (subject to hydrolysis) is 1. The van der Waals surface area contributed by atoms with Gasteiger partial charge < -0.3 is 108 Å². The normalized spacial score (nSPS) is 23.1. The fourth-order valence-electron chi connectivity index (χ4n) is 11.3. The molecule has 0 saturated carbocycles. The number of aromatic amines is 1. The summed E-state index contributed by atoms with van der Waals surface area (Å²) in [5, 5.41) is 37.4. The number of unbranched alkanes of at least 4 members (excludes halogenated alkanes) is 3. The monoisotopic (exact) mass is 1860 g/mol. The number of aliphatic hydroxyl groups is 2. The number of aromatic nitrogens is 4.